The quantitative estimate of drug-likeness (QED) is 0.909. The molecule has 0 aliphatic heterocycles. The highest BCUT2D eigenvalue weighted by Gasteiger charge is 2.45. The number of aromatic nitrogens is 2. The van der Waals surface area contributed by atoms with Crippen molar-refractivity contribution in [2.45, 2.75) is 24.8 Å². The molecule has 6 heteroatoms. The minimum absolute atomic E-state index is 0.323. The third kappa shape index (κ3) is 2.31. The number of rotatable bonds is 4. The topological polar surface area (TPSA) is 74.2 Å². The molecule has 1 aromatic carbocycles. The number of nitrogens with zero attached hydrogens (tertiary/aromatic N) is 2. The first-order valence-corrected chi connectivity index (χ1v) is 6.05. The SMILES string of the molecule is COc1ccc(F)cc1Cc1nnc(C2(N)CC2)o1. The van der Waals surface area contributed by atoms with Gasteiger partial charge in [-0.2, -0.15) is 0 Å². The summed E-state index contributed by atoms with van der Waals surface area (Å²) < 4.78 is 24.0. The van der Waals surface area contributed by atoms with Gasteiger partial charge in [0, 0.05) is 5.56 Å². The Kier molecular flexibility index (Phi) is 2.74. The zero-order valence-corrected chi connectivity index (χ0v) is 10.5. The van der Waals surface area contributed by atoms with Gasteiger partial charge in [-0.15, -0.1) is 10.2 Å². The Labute approximate surface area is 109 Å². The molecule has 19 heavy (non-hydrogen) atoms. The lowest BCUT2D eigenvalue weighted by Crippen LogP contribution is -2.18. The zero-order valence-electron chi connectivity index (χ0n) is 10.5. The highest BCUT2D eigenvalue weighted by atomic mass is 19.1. The van der Waals surface area contributed by atoms with Crippen LogP contribution in [0.5, 0.6) is 5.75 Å². The molecule has 0 unspecified atom stereocenters. The lowest BCUT2D eigenvalue weighted by atomic mass is 10.1. The second kappa shape index (κ2) is 4.31. The van der Waals surface area contributed by atoms with Crippen molar-refractivity contribution in [2.24, 2.45) is 5.73 Å². The molecule has 0 bridgehead atoms. The lowest BCUT2D eigenvalue weighted by molar-refractivity contribution is 0.398. The van der Waals surface area contributed by atoms with E-state index in [0.29, 0.717) is 29.5 Å². The number of ether oxygens (including phenoxy) is 1. The molecular weight excluding hydrogens is 249 g/mol. The molecule has 1 fully saturated rings. The van der Waals surface area contributed by atoms with E-state index in [9.17, 15) is 4.39 Å². The minimum atomic E-state index is -0.447. The summed E-state index contributed by atoms with van der Waals surface area (Å²) in [5.41, 5.74) is 6.19. The monoisotopic (exact) mass is 263 g/mol. The summed E-state index contributed by atoms with van der Waals surface area (Å²) in [7, 11) is 1.54. The van der Waals surface area contributed by atoms with Crippen LogP contribution in [-0.4, -0.2) is 17.3 Å². The van der Waals surface area contributed by atoms with E-state index in [1.54, 1.807) is 6.07 Å². The van der Waals surface area contributed by atoms with Crippen LogP contribution in [0.25, 0.3) is 0 Å². The smallest absolute Gasteiger partial charge is 0.236 e. The van der Waals surface area contributed by atoms with Gasteiger partial charge in [0.05, 0.1) is 19.1 Å². The first-order valence-electron chi connectivity index (χ1n) is 6.05. The van der Waals surface area contributed by atoms with Crippen molar-refractivity contribution < 1.29 is 13.5 Å². The molecule has 1 aliphatic carbocycles. The molecule has 1 saturated carbocycles. The number of nitrogens with two attached hydrogens (primary N) is 1. The second-order valence-electron chi connectivity index (χ2n) is 4.79. The predicted molar refractivity (Wildman–Crippen MR) is 65.2 cm³/mol. The van der Waals surface area contributed by atoms with Gasteiger partial charge in [0.1, 0.15) is 11.6 Å². The van der Waals surface area contributed by atoms with E-state index in [-0.39, 0.29) is 5.82 Å². The summed E-state index contributed by atoms with van der Waals surface area (Å²) in [5, 5.41) is 7.90. The van der Waals surface area contributed by atoms with Crippen LogP contribution < -0.4 is 10.5 Å². The van der Waals surface area contributed by atoms with Crippen molar-refractivity contribution in [3.63, 3.8) is 0 Å². The molecule has 1 heterocycles. The standard InChI is InChI=1S/C13H14FN3O2/c1-18-10-3-2-9(14)6-8(10)7-11-16-17-12(19-11)13(15)4-5-13/h2-3,6H,4-5,7,15H2,1H3. The Morgan fingerprint density at radius 2 is 2.21 bits per heavy atom. The van der Waals surface area contributed by atoms with Gasteiger partial charge in [0.15, 0.2) is 0 Å². The largest absolute Gasteiger partial charge is 0.496 e. The van der Waals surface area contributed by atoms with Crippen LogP contribution in [0.1, 0.15) is 30.2 Å². The van der Waals surface area contributed by atoms with Crippen LogP contribution in [0, 0.1) is 5.82 Å². The van der Waals surface area contributed by atoms with Gasteiger partial charge in [0.2, 0.25) is 11.8 Å². The van der Waals surface area contributed by atoms with Crippen molar-refractivity contribution in [1.82, 2.24) is 10.2 Å². The molecule has 3 rings (SSSR count). The van der Waals surface area contributed by atoms with E-state index >= 15 is 0 Å². The van der Waals surface area contributed by atoms with Gasteiger partial charge in [-0.25, -0.2) is 4.39 Å². The molecule has 0 amide bonds. The zero-order chi connectivity index (χ0) is 13.5. The van der Waals surface area contributed by atoms with Crippen LogP contribution in [-0.2, 0) is 12.0 Å². The molecule has 100 valence electrons. The third-order valence-electron chi connectivity index (χ3n) is 3.27. The fourth-order valence-electron chi connectivity index (χ4n) is 1.92. The molecule has 0 atom stereocenters. The van der Waals surface area contributed by atoms with Crippen molar-refractivity contribution in [1.29, 1.82) is 0 Å². The number of hydrogen-bond donors (Lipinski definition) is 1. The average molecular weight is 263 g/mol. The van der Waals surface area contributed by atoms with Gasteiger partial charge in [0.25, 0.3) is 0 Å². The molecule has 2 N–H and O–H groups in total. The number of halogens is 1. The maximum atomic E-state index is 13.2. The van der Waals surface area contributed by atoms with Gasteiger partial charge in [-0.05, 0) is 31.0 Å². The minimum Gasteiger partial charge on any atom is -0.496 e. The van der Waals surface area contributed by atoms with Gasteiger partial charge in [-0.1, -0.05) is 0 Å². The van der Waals surface area contributed by atoms with Crippen molar-refractivity contribution in [3.8, 4) is 5.75 Å². The molecule has 5 nitrogen and oxygen atoms in total. The molecule has 0 spiro atoms. The van der Waals surface area contributed by atoms with Crippen molar-refractivity contribution in [2.75, 3.05) is 7.11 Å². The van der Waals surface area contributed by atoms with E-state index in [2.05, 4.69) is 10.2 Å². The lowest BCUT2D eigenvalue weighted by Gasteiger charge is -2.06. The number of benzene rings is 1. The van der Waals surface area contributed by atoms with Gasteiger partial charge < -0.3 is 14.9 Å². The van der Waals surface area contributed by atoms with Crippen LogP contribution in [0.2, 0.25) is 0 Å². The van der Waals surface area contributed by atoms with E-state index in [1.165, 1.54) is 19.2 Å². The highest BCUT2D eigenvalue weighted by Crippen LogP contribution is 2.41. The summed E-state index contributed by atoms with van der Waals surface area (Å²) in [6.07, 6.45) is 2.04. The summed E-state index contributed by atoms with van der Waals surface area (Å²) in [4.78, 5) is 0. The van der Waals surface area contributed by atoms with Crippen LogP contribution >= 0.6 is 0 Å². The Morgan fingerprint density at radius 3 is 2.89 bits per heavy atom. The number of methoxy groups -OCH3 is 1. The average Bonchev–Trinajstić information content (AvgIpc) is 2.96. The van der Waals surface area contributed by atoms with Crippen LogP contribution in [0.15, 0.2) is 22.6 Å². The molecule has 1 aliphatic rings. The maximum absolute atomic E-state index is 13.2. The van der Waals surface area contributed by atoms with Crippen molar-refractivity contribution >= 4 is 0 Å². The van der Waals surface area contributed by atoms with E-state index in [4.69, 9.17) is 14.9 Å². The normalized spacial score (nSPS) is 16.4. The van der Waals surface area contributed by atoms with E-state index in [1.807, 2.05) is 0 Å². The number of hydrogen-bond acceptors (Lipinski definition) is 5. The fraction of sp³-hybridized carbons (Fsp3) is 0.385. The van der Waals surface area contributed by atoms with E-state index < -0.39 is 5.54 Å². The Balaban J connectivity index is 1.84. The summed E-state index contributed by atoms with van der Waals surface area (Å²) in [6, 6.07) is 4.33. The Morgan fingerprint density at radius 1 is 1.42 bits per heavy atom. The summed E-state index contributed by atoms with van der Waals surface area (Å²) in [5.74, 6) is 1.14. The first-order chi connectivity index (χ1) is 9.10. The molecule has 0 saturated heterocycles. The molecular formula is C13H14FN3O2. The Bertz CT molecular complexity index is 608. The molecule has 1 aromatic heterocycles. The molecule has 2 aromatic rings. The van der Waals surface area contributed by atoms with Crippen LogP contribution in [0.4, 0.5) is 4.39 Å². The summed E-state index contributed by atoms with van der Waals surface area (Å²) in [6.45, 7) is 0. The van der Waals surface area contributed by atoms with Crippen molar-refractivity contribution in [3.05, 3.63) is 41.4 Å². The maximum Gasteiger partial charge on any atom is 0.236 e. The summed E-state index contributed by atoms with van der Waals surface area (Å²) >= 11 is 0. The highest BCUT2D eigenvalue weighted by molar-refractivity contribution is 5.35. The van der Waals surface area contributed by atoms with E-state index in [0.717, 1.165) is 12.8 Å². The molecule has 0 radical (unpaired) electrons. The third-order valence-corrected chi connectivity index (χ3v) is 3.27. The predicted octanol–water partition coefficient (Wildman–Crippen LogP) is 1.76. The van der Waals surface area contributed by atoms with Gasteiger partial charge in [-0.3, -0.25) is 0 Å². The first kappa shape index (κ1) is 12.1. The van der Waals surface area contributed by atoms with Crippen LogP contribution in [0.3, 0.4) is 0 Å². The second-order valence-corrected chi connectivity index (χ2v) is 4.79. The Hall–Kier alpha value is -1.95. The van der Waals surface area contributed by atoms with Gasteiger partial charge >= 0.3 is 0 Å². The fourth-order valence-corrected chi connectivity index (χ4v) is 1.92.